The second-order valence-corrected chi connectivity index (χ2v) is 14.2. The third-order valence-electron chi connectivity index (χ3n) is 6.97. The number of aromatic nitrogens is 1. The minimum atomic E-state index is -5.34. The molecule has 15 nitrogen and oxygen atoms in total. The van der Waals surface area contributed by atoms with E-state index in [4.69, 9.17) is 10.3 Å². The summed E-state index contributed by atoms with van der Waals surface area (Å²) < 4.78 is 17.4. The van der Waals surface area contributed by atoms with Crippen LogP contribution in [0.1, 0.15) is 61.9 Å². The maximum atomic E-state index is 14.0. The fraction of sp³-hybridized carbons (Fsp3) is 0.424. The van der Waals surface area contributed by atoms with Crippen molar-refractivity contribution in [2.75, 3.05) is 13.1 Å². The highest BCUT2D eigenvalue weighted by Crippen LogP contribution is 2.39. The number of para-hydroxylation sites is 1. The third-order valence-corrected chi connectivity index (χ3v) is 7.51. The second kappa shape index (κ2) is 16.9. The Morgan fingerprint density at radius 2 is 1.57 bits per heavy atom. The van der Waals surface area contributed by atoms with Crippen molar-refractivity contribution in [3.8, 4) is 0 Å². The second-order valence-electron chi connectivity index (χ2n) is 13.0. The zero-order valence-electron chi connectivity index (χ0n) is 28.1. The highest BCUT2D eigenvalue weighted by atomic mass is 31.2. The van der Waals surface area contributed by atoms with E-state index in [2.05, 4.69) is 20.9 Å². The van der Waals surface area contributed by atoms with Crippen LogP contribution in [-0.2, 0) is 13.9 Å². The lowest BCUT2D eigenvalue weighted by Gasteiger charge is -2.35. The Labute approximate surface area is 284 Å². The van der Waals surface area contributed by atoms with Crippen molar-refractivity contribution in [2.24, 2.45) is 11.7 Å². The van der Waals surface area contributed by atoms with Gasteiger partial charge in [0.1, 0.15) is 30.1 Å². The molecule has 0 bridgehead atoms. The molecule has 16 heteroatoms. The Kier molecular flexibility index (Phi) is 13.5. The number of amides is 4. The molecular formula is C33H45N6O9P. The molecule has 4 atom stereocenters. The summed E-state index contributed by atoms with van der Waals surface area (Å²) in [4.78, 5) is 79.9. The normalized spacial score (nSPS) is 14.4. The number of rotatable bonds is 15. The number of carbonyl (C=O) groups excluding carboxylic acids is 4. The molecular weight excluding hydrogens is 655 g/mol. The summed E-state index contributed by atoms with van der Waals surface area (Å²) in [7, 11) is -5.34. The summed E-state index contributed by atoms with van der Waals surface area (Å²) in [5.74, 6) is -2.74. The van der Waals surface area contributed by atoms with Gasteiger partial charge in [0, 0.05) is 29.5 Å². The fourth-order valence-corrected chi connectivity index (χ4v) is 5.48. The van der Waals surface area contributed by atoms with Crippen molar-refractivity contribution in [1.82, 2.24) is 25.8 Å². The van der Waals surface area contributed by atoms with Gasteiger partial charge >= 0.3 is 13.9 Å². The number of benzene rings is 2. The van der Waals surface area contributed by atoms with Crippen LogP contribution in [-0.4, -0.2) is 91.4 Å². The van der Waals surface area contributed by atoms with Gasteiger partial charge in [-0.05, 0) is 38.8 Å². The number of ketones is 1. The molecule has 3 aromatic rings. The highest BCUT2D eigenvalue weighted by molar-refractivity contribution is 7.46. The summed E-state index contributed by atoms with van der Waals surface area (Å²) in [6.45, 7) is 8.44. The van der Waals surface area contributed by atoms with Gasteiger partial charge in [-0.1, -0.05) is 68.4 Å². The Morgan fingerprint density at radius 3 is 2.16 bits per heavy atom. The van der Waals surface area contributed by atoms with Crippen LogP contribution in [0.15, 0.2) is 66.7 Å². The molecule has 0 aliphatic heterocycles. The molecule has 49 heavy (non-hydrogen) atoms. The van der Waals surface area contributed by atoms with E-state index < -0.39 is 74.4 Å². The predicted octanol–water partition coefficient (Wildman–Crippen LogP) is 2.31. The number of urea groups is 1. The first-order chi connectivity index (χ1) is 22.8. The maximum Gasteiger partial charge on any atom is 0.470 e. The number of aliphatic hydroxyl groups excluding tert-OH is 1. The monoisotopic (exact) mass is 700 g/mol. The number of hydrogen-bond acceptors (Lipinski definition) is 9. The average Bonchev–Trinajstić information content (AvgIpc) is 3.00. The van der Waals surface area contributed by atoms with E-state index in [-0.39, 0.29) is 23.7 Å². The van der Waals surface area contributed by atoms with Crippen molar-refractivity contribution in [3.05, 3.63) is 78.0 Å². The molecule has 8 N–H and O–H groups in total. The Hall–Kier alpha value is -4.24. The van der Waals surface area contributed by atoms with E-state index in [0.717, 1.165) is 5.39 Å². The van der Waals surface area contributed by atoms with Crippen LogP contribution in [0.5, 0.6) is 0 Å². The van der Waals surface area contributed by atoms with E-state index in [1.807, 2.05) is 19.9 Å². The van der Waals surface area contributed by atoms with Gasteiger partial charge in [-0.3, -0.25) is 18.9 Å². The molecule has 0 radical (unpaired) electrons. The molecule has 0 aliphatic rings. The van der Waals surface area contributed by atoms with Crippen molar-refractivity contribution in [3.63, 3.8) is 0 Å². The molecule has 4 unspecified atom stereocenters. The number of fused-ring (bicyclic) bond motifs is 1. The number of nitrogens with one attached hydrogen (secondary N) is 3. The molecule has 0 fully saturated rings. The molecule has 0 aliphatic carbocycles. The lowest BCUT2D eigenvalue weighted by Crippen LogP contribution is -2.60. The fourth-order valence-electron chi connectivity index (χ4n) is 4.94. The zero-order valence-corrected chi connectivity index (χ0v) is 29.0. The molecule has 0 saturated heterocycles. The van der Waals surface area contributed by atoms with Gasteiger partial charge in [-0.25, -0.2) is 14.3 Å². The Balaban J connectivity index is 2.02. The highest BCUT2D eigenvalue weighted by Gasteiger charge is 2.40. The number of phosphoric acid groups is 1. The van der Waals surface area contributed by atoms with E-state index in [1.54, 1.807) is 63.2 Å². The number of nitrogens with two attached hydrogens (primary N) is 1. The van der Waals surface area contributed by atoms with Crippen molar-refractivity contribution >= 4 is 42.4 Å². The van der Waals surface area contributed by atoms with E-state index in [1.165, 1.54) is 23.1 Å². The van der Waals surface area contributed by atoms with Crippen molar-refractivity contribution in [2.45, 2.75) is 71.0 Å². The average molecular weight is 701 g/mol. The minimum Gasteiger partial charge on any atom is -0.379 e. The molecule has 3 rings (SSSR count). The SMILES string of the molecule is CC(C)CN(CC(OP(=O)(O)O)C(NC(=O)C(CC(N)O)NC(=O)c1ccc2ccccc2n1)C(=O)c1ccccc1)C(=O)NC(C)(C)C. The summed E-state index contributed by atoms with van der Waals surface area (Å²) >= 11 is 0. The lowest BCUT2D eigenvalue weighted by molar-refractivity contribution is -0.125. The van der Waals surface area contributed by atoms with E-state index >= 15 is 0 Å². The number of aliphatic hydroxyl groups is 1. The van der Waals surface area contributed by atoms with E-state index in [0.29, 0.717) is 5.52 Å². The molecule has 1 aromatic heterocycles. The smallest absolute Gasteiger partial charge is 0.379 e. The minimum absolute atomic E-state index is 0.0446. The topological polar surface area (TPSA) is 234 Å². The molecule has 266 valence electrons. The predicted molar refractivity (Wildman–Crippen MR) is 182 cm³/mol. The van der Waals surface area contributed by atoms with Gasteiger partial charge in [0.25, 0.3) is 5.91 Å². The van der Waals surface area contributed by atoms with Gasteiger partial charge < -0.3 is 41.5 Å². The van der Waals surface area contributed by atoms with Crippen LogP contribution in [0, 0.1) is 5.92 Å². The standard InChI is InChI=1S/C33H45N6O9P/c1-20(2)18-39(32(44)38-33(3,4)5)19-26(48-49(45,46)47)28(29(41)22-12-7-6-8-13-22)37-31(43)25(17-27(34)40)36-30(42)24-16-15-21-11-9-10-14-23(21)35-24/h6-16,20,25-28,40H,17-19,34H2,1-5H3,(H,36,42)(H,37,43)(H,38,44)(H2,45,46,47). The number of phosphoric ester groups is 1. The van der Waals surface area contributed by atoms with Crippen LogP contribution < -0.4 is 21.7 Å². The van der Waals surface area contributed by atoms with Crippen molar-refractivity contribution < 1.29 is 43.2 Å². The van der Waals surface area contributed by atoms with Gasteiger partial charge in [0.2, 0.25) is 5.91 Å². The zero-order chi connectivity index (χ0) is 36.5. The van der Waals surface area contributed by atoms with Gasteiger partial charge in [0.15, 0.2) is 5.78 Å². The number of nitrogens with zero attached hydrogens (tertiary/aromatic N) is 2. The first-order valence-corrected chi connectivity index (χ1v) is 17.2. The number of carbonyl (C=O) groups is 4. The van der Waals surface area contributed by atoms with Crippen LogP contribution in [0.2, 0.25) is 0 Å². The van der Waals surface area contributed by atoms with Crippen molar-refractivity contribution in [1.29, 1.82) is 0 Å². The molecule has 4 amide bonds. The van der Waals surface area contributed by atoms with E-state index in [9.17, 15) is 38.6 Å². The summed E-state index contributed by atoms with van der Waals surface area (Å²) in [5.41, 5.74) is 5.45. The Bertz CT molecular complexity index is 1660. The first-order valence-electron chi connectivity index (χ1n) is 15.6. The first kappa shape index (κ1) is 39.2. The quantitative estimate of drug-likeness (QED) is 0.0690. The van der Waals surface area contributed by atoms with Crippen LogP contribution in [0.3, 0.4) is 0 Å². The van der Waals surface area contributed by atoms with Gasteiger partial charge in [0.05, 0.1) is 12.1 Å². The largest absolute Gasteiger partial charge is 0.470 e. The number of hydrogen-bond donors (Lipinski definition) is 7. The molecule has 2 aromatic carbocycles. The van der Waals surface area contributed by atoms with Gasteiger partial charge in [-0.2, -0.15) is 0 Å². The van der Waals surface area contributed by atoms with Crippen LogP contribution in [0.4, 0.5) is 4.79 Å². The Morgan fingerprint density at radius 1 is 0.939 bits per heavy atom. The number of Topliss-reactive ketones (excluding diaryl/α,β-unsaturated/α-hetero) is 1. The van der Waals surface area contributed by atoms with Crippen LogP contribution in [0.25, 0.3) is 10.9 Å². The summed E-state index contributed by atoms with van der Waals surface area (Å²) in [6.07, 6.45) is -3.88. The van der Waals surface area contributed by atoms with Gasteiger partial charge in [-0.15, -0.1) is 0 Å². The lowest BCUT2D eigenvalue weighted by atomic mass is 9.98. The summed E-state index contributed by atoms with van der Waals surface area (Å²) in [6, 6.07) is 13.8. The maximum absolute atomic E-state index is 14.0. The van der Waals surface area contributed by atoms with Crippen LogP contribution >= 0.6 is 7.82 Å². The third kappa shape index (κ3) is 12.6. The molecule has 1 heterocycles. The molecule has 0 saturated carbocycles. The molecule has 0 spiro atoms. The number of pyridine rings is 1. The summed E-state index contributed by atoms with van der Waals surface area (Å²) in [5, 5.41) is 18.5.